The van der Waals surface area contributed by atoms with Gasteiger partial charge in [-0.05, 0) is 19.1 Å². The van der Waals surface area contributed by atoms with E-state index in [1.807, 2.05) is 19.1 Å². The van der Waals surface area contributed by atoms with Gasteiger partial charge in [0.25, 0.3) is 0 Å². The summed E-state index contributed by atoms with van der Waals surface area (Å²) < 4.78 is 0. The molecule has 0 radical (unpaired) electrons. The molecule has 2 rings (SSSR count). The van der Waals surface area contributed by atoms with E-state index >= 15 is 0 Å². The summed E-state index contributed by atoms with van der Waals surface area (Å²) in [5.41, 5.74) is 2.80. The lowest BCUT2D eigenvalue weighted by Crippen LogP contribution is -1.82. The van der Waals surface area contributed by atoms with Gasteiger partial charge in [0.1, 0.15) is 5.69 Å². The van der Waals surface area contributed by atoms with Crippen LogP contribution in [-0.2, 0) is 0 Å². The summed E-state index contributed by atoms with van der Waals surface area (Å²) in [5.74, 6) is 0. The average molecular weight is 160 g/mol. The first-order chi connectivity index (χ1) is 5.86. The number of aromatic nitrogens is 4. The highest BCUT2D eigenvalue weighted by Crippen LogP contribution is 2.12. The minimum atomic E-state index is 0.822. The van der Waals surface area contributed by atoms with Crippen LogP contribution in [0.15, 0.2) is 24.5 Å². The molecule has 2 heterocycles. The first-order valence-electron chi connectivity index (χ1n) is 3.66. The highest BCUT2D eigenvalue weighted by atomic mass is 15.3. The van der Waals surface area contributed by atoms with E-state index in [4.69, 9.17) is 0 Å². The summed E-state index contributed by atoms with van der Waals surface area (Å²) in [6, 6.07) is 3.92. The van der Waals surface area contributed by atoms with E-state index in [-0.39, 0.29) is 0 Å². The quantitative estimate of drug-likeness (QED) is 0.681. The third kappa shape index (κ3) is 1.18. The lowest BCUT2D eigenvalue weighted by molar-refractivity contribution is 0.942. The van der Waals surface area contributed by atoms with Gasteiger partial charge in [-0.15, -0.1) is 5.10 Å². The van der Waals surface area contributed by atoms with E-state index in [9.17, 15) is 0 Å². The second-order valence-corrected chi connectivity index (χ2v) is 2.55. The number of nitrogens with one attached hydrogen (secondary N) is 1. The van der Waals surface area contributed by atoms with E-state index in [0.29, 0.717) is 0 Å². The SMILES string of the molecule is Cc1ccc(-c2c[nH]nn2)cn1. The molecule has 0 spiro atoms. The zero-order valence-electron chi connectivity index (χ0n) is 6.65. The van der Waals surface area contributed by atoms with Gasteiger partial charge < -0.3 is 0 Å². The predicted molar refractivity (Wildman–Crippen MR) is 44.4 cm³/mol. The Morgan fingerprint density at radius 3 is 2.83 bits per heavy atom. The number of aryl methyl sites for hydroxylation is 1. The van der Waals surface area contributed by atoms with Gasteiger partial charge in [-0.25, -0.2) is 0 Å². The normalized spacial score (nSPS) is 10.1. The van der Waals surface area contributed by atoms with E-state index in [2.05, 4.69) is 20.4 Å². The standard InChI is InChI=1S/C8H8N4/c1-6-2-3-7(4-9-6)8-5-10-12-11-8/h2-5H,1H3,(H,10,11,12). The fourth-order valence-electron chi connectivity index (χ4n) is 0.962. The number of hydrogen-bond acceptors (Lipinski definition) is 3. The van der Waals surface area contributed by atoms with Crippen LogP contribution in [0.25, 0.3) is 11.3 Å². The molecule has 2 aromatic heterocycles. The van der Waals surface area contributed by atoms with E-state index in [1.165, 1.54) is 0 Å². The maximum absolute atomic E-state index is 4.15. The van der Waals surface area contributed by atoms with Crippen LogP contribution in [0.3, 0.4) is 0 Å². The van der Waals surface area contributed by atoms with E-state index in [0.717, 1.165) is 17.0 Å². The van der Waals surface area contributed by atoms with E-state index < -0.39 is 0 Å². The first kappa shape index (κ1) is 6.97. The third-order valence-corrected chi connectivity index (χ3v) is 1.62. The van der Waals surface area contributed by atoms with Crippen LogP contribution in [-0.4, -0.2) is 20.4 Å². The Balaban J connectivity index is 2.43. The van der Waals surface area contributed by atoms with Gasteiger partial charge in [0, 0.05) is 17.5 Å². The second kappa shape index (κ2) is 2.73. The summed E-state index contributed by atoms with van der Waals surface area (Å²) in [4.78, 5) is 4.15. The fraction of sp³-hybridized carbons (Fsp3) is 0.125. The lowest BCUT2D eigenvalue weighted by atomic mass is 10.2. The molecule has 0 aliphatic rings. The Morgan fingerprint density at radius 1 is 1.33 bits per heavy atom. The minimum Gasteiger partial charge on any atom is -0.265 e. The zero-order chi connectivity index (χ0) is 8.39. The number of H-pyrrole nitrogens is 1. The Bertz CT molecular complexity index is 349. The van der Waals surface area contributed by atoms with Crippen molar-refractivity contribution in [1.82, 2.24) is 20.4 Å². The van der Waals surface area contributed by atoms with Crippen molar-refractivity contribution >= 4 is 0 Å². The largest absolute Gasteiger partial charge is 0.265 e. The molecule has 0 aromatic carbocycles. The second-order valence-electron chi connectivity index (χ2n) is 2.55. The van der Waals surface area contributed by atoms with Gasteiger partial charge in [0.05, 0.1) is 6.20 Å². The molecular weight excluding hydrogens is 152 g/mol. The first-order valence-corrected chi connectivity index (χ1v) is 3.66. The molecule has 0 saturated carbocycles. The van der Waals surface area contributed by atoms with Gasteiger partial charge in [0.15, 0.2) is 0 Å². The minimum absolute atomic E-state index is 0.822. The number of nitrogens with zero attached hydrogens (tertiary/aromatic N) is 3. The molecule has 0 unspecified atom stereocenters. The number of pyridine rings is 1. The van der Waals surface area contributed by atoms with Crippen molar-refractivity contribution < 1.29 is 0 Å². The molecule has 12 heavy (non-hydrogen) atoms. The van der Waals surface area contributed by atoms with Crippen molar-refractivity contribution in [3.8, 4) is 11.3 Å². The van der Waals surface area contributed by atoms with Crippen LogP contribution < -0.4 is 0 Å². The molecule has 4 nitrogen and oxygen atoms in total. The number of hydrogen-bond donors (Lipinski definition) is 1. The Hall–Kier alpha value is -1.71. The van der Waals surface area contributed by atoms with Crippen LogP contribution in [0.4, 0.5) is 0 Å². The molecule has 4 heteroatoms. The fourth-order valence-corrected chi connectivity index (χ4v) is 0.962. The monoisotopic (exact) mass is 160 g/mol. The van der Waals surface area contributed by atoms with Crippen molar-refractivity contribution in [1.29, 1.82) is 0 Å². The highest BCUT2D eigenvalue weighted by Gasteiger charge is 1.98. The van der Waals surface area contributed by atoms with Crippen LogP contribution in [0.2, 0.25) is 0 Å². The predicted octanol–water partition coefficient (Wildman–Crippen LogP) is 1.18. The summed E-state index contributed by atoms with van der Waals surface area (Å²) in [5, 5.41) is 10.1. The molecule has 0 amide bonds. The smallest absolute Gasteiger partial charge is 0.114 e. The molecular formula is C8H8N4. The van der Waals surface area contributed by atoms with E-state index in [1.54, 1.807) is 12.4 Å². The molecule has 60 valence electrons. The van der Waals surface area contributed by atoms with Crippen molar-refractivity contribution in [2.24, 2.45) is 0 Å². The van der Waals surface area contributed by atoms with Crippen LogP contribution >= 0.6 is 0 Å². The van der Waals surface area contributed by atoms with Crippen LogP contribution in [0.5, 0.6) is 0 Å². The lowest BCUT2D eigenvalue weighted by Gasteiger charge is -1.94. The Labute approximate surface area is 69.7 Å². The molecule has 0 aliphatic heterocycles. The van der Waals surface area contributed by atoms with Gasteiger partial charge in [-0.3, -0.25) is 10.1 Å². The number of rotatable bonds is 1. The molecule has 0 saturated heterocycles. The molecule has 2 aromatic rings. The molecule has 0 atom stereocenters. The van der Waals surface area contributed by atoms with Crippen LogP contribution in [0.1, 0.15) is 5.69 Å². The molecule has 0 aliphatic carbocycles. The van der Waals surface area contributed by atoms with Crippen molar-refractivity contribution in [2.75, 3.05) is 0 Å². The Morgan fingerprint density at radius 2 is 2.25 bits per heavy atom. The van der Waals surface area contributed by atoms with Gasteiger partial charge in [0.2, 0.25) is 0 Å². The van der Waals surface area contributed by atoms with Gasteiger partial charge in [-0.2, -0.15) is 0 Å². The molecule has 0 bridgehead atoms. The average Bonchev–Trinajstić information content (AvgIpc) is 2.58. The van der Waals surface area contributed by atoms with Gasteiger partial charge >= 0.3 is 0 Å². The van der Waals surface area contributed by atoms with Crippen molar-refractivity contribution in [3.63, 3.8) is 0 Å². The summed E-state index contributed by atoms with van der Waals surface area (Å²) in [7, 11) is 0. The maximum Gasteiger partial charge on any atom is 0.114 e. The summed E-state index contributed by atoms with van der Waals surface area (Å²) in [6.07, 6.45) is 3.53. The number of aromatic amines is 1. The van der Waals surface area contributed by atoms with Gasteiger partial charge in [-0.1, -0.05) is 5.21 Å². The zero-order valence-corrected chi connectivity index (χ0v) is 6.65. The maximum atomic E-state index is 4.15. The van der Waals surface area contributed by atoms with Crippen LogP contribution in [0, 0.1) is 6.92 Å². The van der Waals surface area contributed by atoms with Crippen molar-refractivity contribution in [2.45, 2.75) is 6.92 Å². The molecule has 0 fully saturated rings. The topological polar surface area (TPSA) is 54.5 Å². The highest BCUT2D eigenvalue weighted by molar-refractivity contribution is 5.55. The Kier molecular flexibility index (Phi) is 1.59. The summed E-state index contributed by atoms with van der Waals surface area (Å²) >= 11 is 0. The third-order valence-electron chi connectivity index (χ3n) is 1.62. The van der Waals surface area contributed by atoms with Crippen molar-refractivity contribution in [3.05, 3.63) is 30.2 Å². The summed E-state index contributed by atoms with van der Waals surface area (Å²) in [6.45, 7) is 1.95. The molecule has 1 N–H and O–H groups in total.